The maximum atomic E-state index is 13.7. The molecule has 2 heterocycles. The number of imide groups is 1. The summed E-state index contributed by atoms with van der Waals surface area (Å²) in [7, 11) is 0. The average Bonchev–Trinajstić information content (AvgIpc) is 3.36. The van der Waals surface area contributed by atoms with Gasteiger partial charge in [0.05, 0.1) is 18.2 Å². The molecule has 0 aliphatic carbocycles. The molecule has 0 fully saturated rings. The smallest absolute Gasteiger partial charge is 0.420 e. The molecule has 0 N–H and O–H groups in total. The van der Waals surface area contributed by atoms with E-state index < -0.39 is 41.0 Å². The molecule has 0 bridgehead atoms. The van der Waals surface area contributed by atoms with Gasteiger partial charge in [-0.2, -0.15) is 9.70 Å². The van der Waals surface area contributed by atoms with E-state index in [-0.39, 0.29) is 35.6 Å². The van der Waals surface area contributed by atoms with E-state index in [0.29, 0.717) is 11.4 Å². The van der Waals surface area contributed by atoms with E-state index in [4.69, 9.17) is 23.5 Å². The molecule has 224 valence electrons. The number of nitrogens with zero attached hydrogens (tertiary/aromatic N) is 6. The molecule has 14 nitrogen and oxygen atoms in total. The number of rotatable bonds is 8. The fraction of sp³-hybridized carbons (Fsp3) is 0.731. The summed E-state index contributed by atoms with van der Waals surface area (Å²) in [6.45, 7) is 20.6. The molecule has 2 rings (SSSR count). The lowest BCUT2D eigenvalue weighted by Crippen LogP contribution is -2.54. The average molecular weight is 567 g/mol. The van der Waals surface area contributed by atoms with Crippen LogP contribution < -0.4 is 4.74 Å². The number of amides is 2. The molecule has 0 aromatic carbocycles. The number of carbonyl (C=O) groups is 3. The van der Waals surface area contributed by atoms with Crippen molar-refractivity contribution in [2.75, 3.05) is 0 Å². The molecule has 0 aliphatic heterocycles. The molecule has 0 spiro atoms. The first kappa shape index (κ1) is 32.5. The van der Waals surface area contributed by atoms with Crippen LogP contribution in [-0.4, -0.2) is 77.4 Å². The van der Waals surface area contributed by atoms with Crippen molar-refractivity contribution in [3.8, 4) is 17.5 Å². The molecule has 2 aromatic rings. The summed E-state index contributed by atoms with van der Waals surface area (Å²) in [5.74, 6) is -0.735. The maximum absolute atomic E-state index is 13.7. The largest absolute Gasteiger partial charge is 0.473 e. The topological polar surface area (TPSA) is 161 Å². The van der Waals surface area contributed by atoms with Crippen LogP contribution in [0.3, 0.4) is 0 Å². The summed E-state index contributed by atoms with van der Waals surface area (Å²) in [6.07, 6.45) is -2.87. The number of tetrazole rings is 1. The minimum absolute atomic E-state index is 0.0275. The van der Waals surface area contributed by atoms with Gasteiger partial charge >= 0.3 is 18.2 Å². The van der Waals surface area contributed by atoms with Crippen LogP contribution in [-0.2, 0) is 32.0 Å². The highest BCUT2D eigenvalue weighted by molar-refractivity contribution is 5.94. The van der Waals surface area contributed by atoms with E-state index in [9.17, 15) is 14.4 Å². The van der Waals surface area contributed by atoms with Gasteiger partial charge in [-0.3, -0.25) is 0 Å². The molecular weight excluding hydrogens is 524 g/mol. The van der Waals surface area contributed by atoms with Gasteiger partial charge in [0.2, 0.25) is 11.6 Å². The first-order valence-electron chi connectivity index (χ1n) is 13.1. The van der Waals surface area contributed by atoms with Crippen molar-refractivity contribution in [3.63, 3.8) is 0 Å². The number of hydrogen-bond acceptors (Lipinski definition) is 12. The quantitative estimate of drug-likeness (QED) is 0.324. The molecule has 0 radical (unpaired) electrons. The zero-order chi connectivity index (χ0) is 30.6. The monoisotopic (exact) mass is 566 g/mol. The van der Waals surface area contributed by atoms with Gasteiger partial charge in [-0.1, -0.05) is 0 Å². The van der Waals surface area contributed by atoms with Crippen LogP contribution in [0.25, 0.3) is 11.6 Å². The first-order chi connectivity index (χ1) is 18.2. The van der Waals surface area contributed by atoms with Crippen molar-refractivity contribution in [3.05, 3.63) is 5.56 Å². The zero-order valence-electron chi connectivity index (χ0n) is 25.5. The van der Waals surface area contributed by atoms with Crippen LogP contribution in [0.1, 0.15) is 88.6 Å². The molecular formula is C26H42N6O8. The predicted octanol–water partition coefficient (Wildman–Crippen LogP) is 4.56. The van der Waals surface area contributed by atoms with Gasteiger partial charge in [-0.15, -0.1) is 10.2 Å². The number of esters is 1. The van der Waals surface area contributed by atoms with Gasteiger partial charge in [0.15, 0.2) is 0 Å². The molecule has 1 atom stereocenters. The lowest BCUT2D eigenvalue weighted by Gasteiger charge is -2.33. The van der Waals surface area contributed by atoms with Crippen molar-refractivity contribution in [1.82, 2.24) is 30.3 Å². The molecule has 1 unspecified atom stereocenters. The van der Waals surface area contributed by atoms with E-state index in [1.807, 2.05) is 6.92 Å². The second-order valence-corrected chi connectivity index (χ2v) is 12.3. The van der Waals surface area contributed by atoms with Crippen molar-refractivity contribution in [2.45, 2.75) is 125 Å². The third kappa shape index (κ3) is 9.49. The van der Waals surface area contributed by atoms with Crippen molar-refractivity contribution >= 4 is 18.2 Å². The highest BCUT2D eigenvalue weighted by Gasteiger charge is 2.44. The molecule has 0 saturated carbocycles. The fourth-order valence-electron chi connectivity index (χ4n) is 3.23. The molecule has 40 heavy (non-hydrogen) atoms. The molecule has 2 amide bonds. The predicted molar refractivity (Wildman–Crippen MR) is 142 cm³/mol. The number of aryl methyl sites for hydroxylation is 1. The van der Waals surface area contributed by atoms with Crippen LogP contribution >= 0.6 is 0 Å². The standard InChI is InChI=1S/C26H42N6O8/c1-13-31-28-19(27-30-31)18-16(20(29-40-18)36-15(2)3)14-17(21(33)37-24(4,5)6)32(22(34)38-25(7,8)9)23(35)39-26(10,11)12/h15,17H,13-14H2,1-12H3. The van der Waals surface area contributed by atoms with Gasteiger partial charge in [0.1, 0.15) is 22.8 Å². The molecule has 14 heteroatoms. The van der Waals surface area contributed by atoms with E-state index in [1.54, 1.807) is 76.2 Å². The van der Waals surface area contributed by atoms with Crippen molar-refractivity contribution in [1.29, 1.82) is 0 Å². The van der Waals surface area contributed by atoms with Crippen molar-refractivity contribution in [2.24, 2.45) is 0 Å². The van der Waals surface area contributed by atoms with Gasteiger partial charge < -0.3 is 23.5 Å². The molecule has 0 aliphatic rings. The van der Waals surface area contributed by atoms with Gasteiger partial charge in [0, 0.05) is 6.42 Å². The highest BCUT2D eigenvalue weighted by atomic mass is 16.6. The second-order valence-electron chi connectivity index (χ2n) is 12.3. The number of aromatic nitrogens is 5. The summed E-state index contributed by atoms with van der Waals surface area (Å²) in [5.41, 5.74) is -2.72. The number of carbonyl (C=O) groups excluding carboxylic acids is 3. The van der Waals surface area contributed by atoms with Crippen LogP contribution in [0.5, 0.6) is 5.88 Å². The fourth-order valence-corrected chi connectivity index (χ4v) is 3.23. The summed E-state index contributed by atoms with van der Waals surface area (Å²) in [4.78, 5) is 42.6. The van der Waals surface area contributed by atoms with Crippen molar-refractivity contribution < 1.29 is 37.9 Å². The lowest BCUT2D eigenvalue weighted by atomic mass is 10.0. The second kappa shape index (κ2) is 12.2. The Morgan fingerprint density at radius 3 is 1.85 bits per heavy atom. The molecule has 2 aromatic heterocycles. The summed E-state index contributed by atoms with van der Waals surface area (Å²) < 4.78 is 28.0. The summed E-state index contributed by atoms with van der Waals surface area (Å²) >= 11 is 0. The Labute approximate surface area is 234 Å². The normalized spacial score (nSPS) is 13.1. The Hall–Kier alpha value is -3.71. The zero-order valence-corrected chi connectivity index (χ0v) is 25.5. The maximum Gasteiger partial charge on any atom is 0.420 e. The minimum atomic E-state index is -1.57. The van der Waals surface area contributed by atoms with E-state index in [2.05, 4.69) is 20.6 Å². The van der Waals surface area contributed by atoms with E-state index in [1.165, 1.54) is 4.80 Å². The number of hydrogen-bond donors (Lipinski definition) is 0. The Kier molecular flexibility index (Phi) is 9.92. The molecule has 0 saturated heterocycles. The minimum Gasteiger partial charge on any atom is -0.473 e. The number of ether oxygens (including phenoxy) is 4. The Balaban J connectivity index is 2.73. The van der Waals surface area contributed by atoms with E-state index >= 15 is 0 Å². The Morgan fingerprint density at radius 2 is 1.43 bits per heavy atom. The van der Waals surface area contributed by atoms with Crippen LogP contribution in [0.2, 0.25) is 0 Å². The SMILES string of the molecule is CCn1nnc(-c2onc(OC(C)C)c2CC(C(=O)OC(C)(C)C)N(C(=O)OC(C)(C)C)C(=O)OC(C)(C)C)n1. The van der Waals surface area contributed by atoms with Gasteiger partial charge in [0.25, 0.3) is 5.88 Å². The summed E-state index contributed by atoms with van der Waals surface area (Å²) in [6, 6.07) is -1.57. The van der Waals surface area contributed by atoms with Gasteiger partial charge in [-0.25, -0.2) is 14.4 Å². The van der Waals surface area contributed by atoms with E-state index in [0.717, 1.165) is 0 Å². The van der Waals surface area contributed by atoms with Crippen LogP contribution in [0.15, 0.2) is 4.52 Å². The third-order valence-electron chi connectivity index (χ3n) is 4.61. The van der Waals surface area contributed by atoms with Gasteiger partial charge in [-0.05, 0) is 93.5 Å². The Bertz CT molecular complexity index is 1160. The van der Waals surface area contributed by atoms with Crippen LogP contribution in [0.4, 0.5) is 9.59 Å². The lowest BCUT2D eigenvalue weighted by molar-refractivity contribution is -0.161. The van der Waals surface area contributed by atoms with Crippen LogP contribution in [0, 0.1) is 0 Å². The summed E-state index contributed by atoms with van der Waals surface area (Å²) in [5, 5.41) is 16.2. The Morgan fingerprint density at radius 1 is 0.900 bits per heavy atom. The highest BCUT2D eigenvalue weighted by Crippen LogP contribution is 2.32. The first-order valence-corrected chi connectivity index (χ1v) is 13.1. The third-order valence-corrected chi connectivity index (χ3v) is 4.61.